The van der Waals surface area contributed by atoms with E-state index in [2.05, 4.69) is 61.5 Å². The monoisotopic (exact) mass is 257 g/mol. The summed E-state index contributed by atoms with van der Waals surface area (Å²) in [7, 11) is 2.09. The molecule has 0 atom stereocenters. The first-order valence-corrected chi connectivity index (χ1v) is 7.12. The first-order valence-electron chi connectivity index (χ1n) is 7.12. The number of rotatable bonds is 1. The summed E-state index contributed by atoms with van der Waals surface area (Å²) >= 11 is 0. The Kier molecular flexibility index (Phi) is 8.35. The van der Waals surface area contributed by atoms with Gasteiger partial charge in [-0.1, -0.05) is 64.6 Å². The predicted octanol–water partition coefficient (Wildman–Crippen LogP) is 4.00. The van der Waals surface area contributed by atoms with Crippen molar-refractivity contribution in [3.05, 3.63) is 47.5 Å². The van der Waals surface area contributed by atoms with Gasteiger partial charge in [0, 0.05) is 28.5 Å². The van der Waals surface area contributed by atoms with E-state index in [1.807, 2.05) is 33.8 Å². The molecule has 1 heterocycles. The number of hydrogen-bond donors (Lipinski definition) is 0. The molecule has 0 aliphatic heterocycles. The zero-order valence-corrected chi connectivity index (χ0v) is 13.2. The second-order valence-corrected chi connectivity index (χ2v) is 3.57. The normalized spacial score (nSPS) is 11.5. The van der Waals surface area contributed by atoms with E-state index in [-0.39, 0.29) is 0 Å². The lowest BCUT2D eigenvalue weighted by atomic mass is 10.2. The minimum atomic E-state index is 1.22. The van der Waals surface area contributed by atoms with Crippen molar-refractivity contribution in [2.75, 3.05) is 0 Å². The molecule has 0 saturated heterocycles. The molecule has 0 aliphatic carbocycles. The smallest absolute Gasteiger partial charge is 0.0488 e. The molecule has 0 aliphatic rings. The number of hydrogen-bond acceptors (Lipinski definition) is 0. The van der Waals surface area contributed by atoms with Gasteiger partial charge in [-0.25, -0.2) is 0 Å². The van der Waals surface area contributed by atoms with Crippen molar-refractivity contribution in [2.24, 2.45) is 7.05 Å². The van der Waals surface area contributed by atoms with E-state index in [4.69, 9.17) is 0 Å². The lowest BCUT2D eigenvalue weighted by Crippen LogP contribution is -2.26. The van der Waals surface area contributed by atoms with Crippen LogP contribution in [0.4, 0.5) is 0 Å². The quantitative estimate of drug-likeness (QED) is 0.728. The standard InChI is InChI=1S/C14H15N.2C2H6/c1-4-8-13-11(5-2)12-9-6-7-10-14(12)15(13)3;2*1-2/h4-10H,1H2,2-3H3;2*1-2H3/b11-5-,13-8+;;. The summed E-state index contributed by atoms with van der Waals surface area (Å²) in [6.07, 6.45) is 6.04. The fourth-order valence-corrected chi connectivity index (χ4v) is 2.06. The molecular weight excluding hydrogens is 230 g/mol. The Balaban J connectivity index is 0.000000741. The Hall–Kier alpha value is -1.76. The molecule has 0 amide bonds. The van der Waals surface area contributed by atoms with Crippen LogP contribution in [0.5, 0.6) is 0 Å². The van der Waals surface area contributed by atoms with Gasteiger partial charge in [-0.15, -0.1) is 0 Å². The van der Waals surface area contributed by atoms with Crippen LogP contribution in [-0.4, -0.2) is 4.57 Å². The molecule has 0 bridgehead atoms. The van der Waals surface area contributed by atoms with Gasteiger partial charge >= 0.3 is 0 Å². The number of aryl methyl sites for hydroxylation is 1. The van der Waals surface area contributed by atoms with Gasteiger partial charge in [0.25, 0.3) is 0 Å². The topological polar surface area (TPSA) is 4.93 Å². The first-order chi connectivity index (χ1) is 9.29. The minimum Gasteiger partial charge on any atom is -0.344 e. The van der Waals surface area contributed by atoms with Crippen LogP contribution in [0.2, 0.25) is 0 Å². The van der Waals surface area contributed by atoms with Crippen LogP contribution in [-0.2, 0) is 7.05 Å². The molecule has 104 valence electrons. The number of para-hydroxylation sites is 1. The van der Waals surface area contributed by atoms with Crippen molar-refractivity contribution in [3.63, 3.8) is 0 Å². The summed E-state index contributed by atoms with van der Waals surface area (Å²) in [5.41, 5.74) is 1.26. The van der Waals surface area contributed by atoms with Gasteiger partial charge in [-0.2, -0.15) is 0 Å². The van der Waals surface area contributed by atoms with E-state index in [0.29, 0.717) is 0 Å². The molecule has 1 aromatic carbocycles. The molecule has 0 radical (unpaired) electrons. The van der Waals surface area contributed by atoms with Crippen LogP contribution in [0.3, 0.4) is 0 Å². The van der Waals surface area contributed by atoms with E-state index >= 15 is 0 Å². The summed E-state index contributed by atoms with van der Waals surface area (Å²) in [6, 6.07) is 8.44. The van der Waals surface area contributed by atoms with Crippen LogP contribution >= 0.6 is 0 Å². The van der Waals surface area contributed by atoms with Gasteiger partial charge in [0.15, 0.2) is 0 Å². The lowest BCUT2D eigenvalue weighted by Gasteiger charge is -1.94. The molecule has 19 heavy (non-hydrogen) atoms. The molecule has 0 N–H and O–H groups in total. The molecule has 1 nitrogen and oxygen atoms in total. The number of benzene rings is 1. The molecule has 0 spiro atoms. The summed E-state index contributed by atoms with van der Waals surface area (Å²) in [5.74, 6) is 0. The van der Waals surface area contributed by atoms with E-state index in [9.17, 15) is 0 Å². The molecule has 0 unspecified atom stereocenters. The van der Waals surface area contributed by atoms with E-state index in [0.717, 1.165) is 0 Å². The first kappa shape index (κ1) is 17.2. The lowest BCUT2D eigenvalue weighted by molar-refractivity contribution is 0.925. The van der Waals surface area contributed by atoms with Gasteiger partial charge in [0.2, 0.25) is 0 Å². The summed E-state index contributed by atoms with van der Waals surface area (Å²) < 4.78 is 2.20. The van der Waals surface area contributed by atoms with Crippen LogP contribution < -0.4 is 10.6 Å². The summed E-state index contributed by atoms with van der Waals surface area (Å²) in [6.45, 7) is 13.8. The van der Waals surface area contributed by atoms with Crippen molar-refractivity contribution in [2.45, 2.75) is 34.6 Å². The average molecular weight is 257 g/mol. The zero-order chi connectivity index (χ0) is 14.8. The second-order valence-electron chi connectivity index (χ2n) is 3.57. The summed E-state index contributed by atoms with van der Waals surface area (Å²) in [4.78, 5) is 0. The molecule has 1 heteroatoms. The van der Waals surface area contributed by atoms with Crippen molar-refractivity contribution in [1.29, 1.82) is 0 Å². The third-order valence-electron chi connectivity index (χ3n) is 2.76. The minimum absolute atomic E-state index is 1.22. The van der Waals surface area contributed by atoms with Gasteiger partial charge in [-0.05, 0) is 19.1 Å². The Morgan fingerprint density at radius 1 is 1.05 bits per heavy atom. The maximum Gasteiger partial charge on any atom is 0.0488 e. The average Bonchev–Trinajstić information content (AvgIpc) is 2.77. The summed E-state index contributed by atoms with van der Waals surface area (Å²) in [5, 5.41) is 3.80. The van der Waals surface area contributed by atoms with Crippen LogP contribution in [0.15, 0.2) is 36.9 Å². The Morgan fingerprint density at radius 2 is 1.63 bits per heavy atom. The van der Waals surface area contributed by atoms with E-state index in [1.54, 1.807) is 0 Å². The number of nitrogens with zero attached hydrogens (tertiary/aromatic N) is 1. The molecule has 2 aromatic rings. The number of allylic oxidation sites excluding steroid dienone is 1. The van der Waals surface area contributed by atoms with Crippen LogP contribution in [0.1, 0.15) is 34.6 Å². The fraction of sp³-hybridized carbons (Fsp3) is 0.333. The number of fused-ring (bicyclic) bond motifs is 1. The Morgan fingerprint density at radius 3 is 2.16 bits per heavy atom. The van der Waals surface area contributed by atoms with Gasteiger partial charge in [-0.3, -0.25) is 0 Å². The van der Waals surface area contributed by atoms with Crippen molar-refractivity contribution in [1.82, 2.24) is 4.57 Å². The zero-order valence-electron chi connectivity index (χ0n) is 13.2. The van der Waals surface area contributed by atoms with Gasteiger partial charge < -0.3 is 4.57 Å². The highest BCUT2D eigenvalue weighted by Gasteiger charge is 2.01. The highest BCUT2D eigenvalue weighted by Crippen LogP contribution is 2.06. The fourth-order valence-electron chi connectivity index (χ4n) is 2.06. The highest BCUT2D eigenvalue weighted by molar-refractivity contribution is 5.82. The predicted molar refractivity (Wildman–Crippen MR) is 89.7 cm³/mol. The second kappa shape index (κ2) is 9.21. The van der Waals surface area contributed by atoms with Crippen molar-refractivity contribution < 1.29 is 0 Å². The SMILES string of the molecule is C=C/C=c1\c(=C/C)c2ccccc2n1C.CC.CC. The van der Waals surface area contributed by atoms with E-state index in [1.165, 1.54) is 21.5 Å². The molecule has 2 rings (SSSR count). The van der Waals surface area contributed by atoms with Gasteiger partial charge in [0.05, 0.1) is 0 Å². The number of aromatic nitrogens is 1. The largest absolute Gasteiger partial charge is 0.344 e. The Bertz CT molecular complexity index is 615. The van der Waals surface area contributed by atoms with Crippen LogP contribution in [0, 0.1) is 0 Å². The third-order valence-corrected chi connectivity index (χ3v) is 2.76. The third kappa shape index (κ3) is 3.60. The van der Waals surface area contributed by atoms with Crippen LogP contribution in [0.25, 0.3) is 23.1 Å². The molecule has 1 aromatic heterocycles. The van der Waals surface area contributed by atoms with E-state index < -0.39 is 0 Å². The molecular formula is C18H27N. The maximum atomic E-state index is 3.76. The molecule has 0 saturated carbocycles. The van der Waals surface area contributed by atoms with Crippen molar-refractivity contribution >= 4 is 23.1 Å². The van der Waals surface area contributed by atoms with Crippen molar-refractivity contribution in [3.8, 4) is 0 Å². The highest BCUT2D eigenvalue weighted by atomic mass is 14.9. The maximum absolute atomic E-state index is 3.76. The Labute approximate surface area is 117 Å². The molecule has 0 fully saturated rings. The van der Waals surface area contributed by atoms with Gasteiger partial charge in [0.1, 0.15) is 0 Å².